The Bertz CT molecular complexity index is 966. The fourth-order valence-electron chi connectivity index (χ4n) is 4.59. The van der Waals surface area contributed by atoms with Gasteiger partial charge in [-0.2, -0.15) is 0 Å². The number of imidazole rings is 1. The van der Waals surface area contributed by atoms with Crippen LogP contribution in [0.2, 0.25) is 0 Å². The highest BCUT2D eigenvalue weighted by Gasteiger charge is 2.24. The van der Waals surface area contributed by atoms with Crippen LogP contribution in [0.4, 0.5) is 5.69 Å². The summed E-state index contributed by atoms with van der Waals surface area (Å²) in [5, 5.41) is 0. The van der Waals surface area contributed by atoms with E-state index in [2.05, 4.69) is 35.3 Å². The molecule has 29 heavy (non-hydrogen) atoms. The lowest BCUT2D eigenvalue weighted by Gasteiger charge is -2.35. The minimum absolute atomic E-state index is 0.165. The molecule has 3 aromatic rings. The van der Waals surface area contributed by atoms with E-state index in [1.807, 2.05) is 44.3 Å². The average molecular weight is 393 g/mol. The summed E-state index contributed by atoms with van der Waals surface area (Å²) in [5.41, 5.74) is 11.1. The summed E-state index contributed by atoms with van der Waals surface area (Å²) in [4.78, 5) is 7.52. The van der Waals surface area contributed by atoms with Gasteiger partial charge in [-0.15, -0.1) is 0 Å². The molecule has 0 aliphatic carbocycles. The summed E-state index contributed by atoms with van der Waals surface area (Å²) < 4.78 is 7.96. The lowest BCUT2D eigenvalue weighted by Crippen LogP contribution is -2.38. The molecule has 154 valence electrons. The van der Waals surface area contributed by atoms with Crippen LogP contribution >= 0.6 is 0 Å². The van der Waals surface area contributed by atoms with E-state index in [1.54, 1.807) is 0 Å². The molecule has 2 unspecified atom stereocenters. The van der Waals surface area contributed by atoms with E-state index in [9.17, 15) is 0 Å². The van der Waals surface area contributed by atoms with E-state index in [4.69, 9.17) is 15.5 Å². The highest BCUT2D eigenvalue weighted by atomic mass is 16.5. The predicted octanol–water partition coefficient (Wildman–Crippen LogP) is 4.85. The fourth-order valence-corrected chi connectivity index (χ4v) is 4.59. The number of likely N-dealkylation sites (tertiary alicyclic amines) is 1. The van der Waals surface area contributed by atoms with Crippen LogP contribution < -0.4 is 10.5 Å². The van der Waals surface area contributed by atoms with Crippen LogP contribution in [0.25, 0.3) is 16.9 Å². The molecule has 1 aliphatic rings. The molecule has 4 rings (SSSR count). The zero-order valence-electron chi connectivity index (χ0n) is 17.9. The quantitative estimate of drug-likeness (QED) is 0.674. The molecule has 3 heterocycles. The van der Waals surface area contributed by atoms with Gasteiger partial charge in [0.2, 0.25) is 0 Å². The minimum Gasteiger partial charge on any atom is -0.491 e. The van der Waals surface area contributed by atoms with Gasteiger partial charge in [0.1, 0.15) is 11.4 Å². The molecular weight excluding hydrogens is 360 g/mol. The third-order valence-electron chi connectivity index (χ3n) is 5.56. The minimum atomic E-state index is 0.165. The van der Waals surface area contributed by atoms with Gasteiger partial charge in [0.05, 0.1) is 17.5 Å². The summed E-state index contributed by atoms with van der Waals surface area (Å²) in [7, 11) is 0. The van der Waals surface area contributed by atoms with Crippen LogP contribution in [-0.2, 0) is 6.54 Å². The van der Waals surface area contributed by atoms with Gasteiger partial charge >= 0.3 is 0 Å². The van der Waals surface area contributed by atoms with E-state index < -0.39 is 0 Å². The maximum absolute atomic E-state index is 6.11. The number of fused-ring (bicyclic) bond motifs is 1. The van der Waals surface area contributed by atoms with E-state index in [1.165, 1.54) is 12.1 Å². The van der Waals surface area contributed by atoms with Crippen molar-refractivity contribution in [2.45, 2.75) is 46.8 Å². The number of pyridine rings is 1. The topological polar surface area (TPSA) is 55.8 Å². The molecule has 1 aromatic carbocycles. The Morgan fingerprint density at radius 3 is 2.41 bits per heavy atom. The Morgan fingerprint density at radius 1 is 1.07 bits per heavy atom. The number of benzene rings is 1. The summed E-state index contributed by atoms with van der Waals surface area (Å²) >= 11 is 0. The number of hydrogen-bond donors (Lipinski definition) is 1. The molecule has 2 aromatic heterocycles. The number of piperidine rings is 1. The molecule has 1 aliphatic heterocycles. The zero-order chi connectivity index (χ0) is 20.5. The Labute approximate surface area is 173 Å². The second-order valence-corrected chi connectivity index (χ2v) is 8.93. The third kappa shape index (κ3) is 4.40. The van der Waals surface area contributed by atoms with Crippen LogP contribution in [-0.4, -0.2) is 33.5 Å². The van der Waals surface area contributed by atoms with E-state index in [0.717, 1.165) is 59.8 Å². The monoisotopic (exact) mass is 392 g/mol. The number of nitrogens with zero attached hydrogens (tertiary/aromatic N) is 3. The van der Waals surface area contributed by atoms with Gasteiger partial charge in [0, 0.05) is 37.1 Å². The third-order valence-corrected chi connectivity index (χ3v) is 5.56. The first kappa shape index (κ1) is 19.8. The largest absolute Gasteiger partial charge is 0.491 e. The Balaban J connectivity index is 1.72. The molecular formula is C24H32N4O. The van der Waals surface area contributed by atoms with Crippen LogP contribution in [0.1, 0.15) is 39.8 Å². The molecule has 2 N–H and O–H groups in total. The Morgan fingerprint density at radius 2 is 1.76 bits per heavy atom. The van der Waals surface area contributed by atoms with Crippen molar-refractivity contribution < 1.29 is 4.74 Å². The summed E-state index contributed by atoms with van der Waals surface area (Å²) in [5.74, 6) is 2.33. The highest BCUT2D eigenvalue weighted by Crippen LogP contribution is 2.30. The van der Waals surface area contributed by atoms with Crippen LogP contribution in [0.5, 0.6) is 5.75 Å². The van der Waals surface area contributed by atoms with Gasteiger partial charge in [0.15, 0.2) is 0 Å². The fraction of sp³-hybridized carbons (Fsp3) is 0.458. The first-order valence-electron chi connectivity index (χ1n) is 10.6. The van der Waals surface area contributed by atoms with Gasteiger partial charge in [-0.3, -0.25) is 4.90 Å². The first-order valence-corrected chi connectivity index (χ1v) is 10.6. The van der Waals surface area contributed by atoms with Gasteiger partial charge in [-0.1, -0.05) is 13.8 Å². The van der Waals surface area contributed by atoms with Crippen molar-refractivity contribution in [1.82, 2.24) is 14.3 Å². The maximum Gasteiger partial charge on any atom is 0.137 e. The number of rotatable bonds is 5. The molecule has 0 amide bonds. The number of nitrogens with two attached hydrogens (primary N) is 1. The van der Waals surface area contributed by atoms with Crippen molar-refractivity contribution in [3.63, 3.8) is 0 Å². The lowest BCUT2D eigenvalue weighted by molar-refractivity contribution is 0.133. The molecule has 1 saturated heterocycles. The molecule has 0 radical (unpaired) electrons. The first-order chi connectivity index (χ1) is 13.9. The predicted molar refractivity (Wildman–Crippen MR) is 119 cm³/mol. The zero-order valence-corrected chi connectivity index (χ0v) is 17.9. The van der Waals surface area contributed by atoms with Gasteiger partial charge in [-0.25, -0.2) is 4.98 Å². The lowest BCUT2D eigenvalue weighted by atomic mass is 9.92. The standard InChI is InChI=1S/C24H32N4O/c1-16(2)29-21-8-5-19(6-9-21)24-22(15-27-12-17(3)11-18(4)13-27)28-14-20(25)7-10-23(28)26-24/h5-10,14,16-18H,11-13,15,25H2,1-4H3. The maximum atomic E-state index is 6.11. The van der Waals surface area contributed by atoms with Crippen molar-refractivity contribution in [2.75, 3.05) is 18.8 Å². The number of anilines is 1. The second-order valence-electron chi connectivity index (χ2n) is 8.93. The number of hydrogen-bond acceptors (Lipinski definition) is 4. The van der Waals surface area contributed by atoms with Crippen molar-refractivity contribution in [2.24, 2.45) is 11.8 Å². The van der Waals surface area contributed by atoms with E-state index in [0.29, 0.717) is 0 Å². The Hall–Kier alpha value is -2.53. The van der Waals surface area contributed by atoms with Crippen LogP contribution in [0.15, 0.2) is 42.6 Å². The second kappa shape index (κ2) is 8.07. The molecule has 5 nitrogen and oxygen atoms in total. The molecule has 2 atom stereocenters. The number of ether oxygens (including phenoxy) is 1. The van der Waals surface area contributed by atoms with Crippen molar-refractivity contribution in [3.8, 4) is 17.0 Å². The molecule has 0 saturated carbocycles. The summed E-state index contributed by atoms with van der Waals surface area (Å²) in [6, 6.07) is 12.2. The van der Waals surface area contributed by atoms with Crippen molar-refractivity contribution in [1.29, 1.82) is 0 Å². The van der Waals surface area contributed by atoms with Crippen LogP contribution in [0, 0.1) is 11.8 Å². The van der Waals surface area contributed by atoms with E-state index >= 15 is 0 Å². The smallest absolute Gasteiger partial charge is 0.137 e. The molecule has 1 fully saturated rings. The SMILES string of the molecule is CC1CC(C)CN(Cc2c(-c3ccc(OC(C)C)cc3)nc3ccc(N)cn23)C1. The molecule has 0 spiro atoms. The molecule has 0 bridgehead atoms. The number of nitrogen functional groups attached to an aromatic ring is 1. The van der Waals surface area contributed by atoms with Gasteiger partial charge in [0.25, 0.3) is 0 Å². The summed E-state index contributed by atoms with van der Waals surface area (Å²) in [6.45, 7) is 11.9. The van der Waals surface area contributed by atoms with Crippen molar-refractivity contribution in [3.05, 3.63) is 48.3 Å². The van der Waals surface area contributed by atoms with Gasteiger partial charge < -0.3 is 14.9 Å². The summed E-state index contributed by atoms with van der Waals surface area (Å²) in [6.07, 6.45) is 3.47. The van der Waals surface area contributed by atoms with Crippen LogP contribution in [0.3, 0.4) is 0 Å². The van der Waals surface area contributed by atoms with Gasteiger partial charge in [-0.05, 0) is 68.5 Å². The average Bonchev–Trinajstić information content (AvgIpc) is 2.99. The molecule has 5 heteroatoms. The van der Waals surface area contributed by atoms with E-state index in [-0.39, 0.29) is 6.10 Å². The van der Waals surface area contributed by atoms with Crippen molar-refractivity contribution >= 4 is 11.3 Å². The number of aromatic nitrogens is 2. The highest BCUT2D eigenvalue weighted by molar-refractivity contribution is 5.68. The normalized spacial score (nSPS) is 20.4. The Kier molecular flexibility index (Phi) is 5.50.